The Hall–Kier alpha value is -1.17. The number of hydrogen-bond donors (Lipinski definition) is 2. The van der Waals surface area contributed by atoms with Crippen LogP contribution in [0.1, 0.15) is 10.5 Å². The van der Waals surface area contributed by atoms with Crippen molar-refractivity contribution in [3.8, 4) is 5.75 Å². The van der Waals surface area contributed by atoms with E-state index >= 15 is 0 Å². The van der Waals surface area contributed by atoms with Gasteiger partial charge in [-0.25, -0.2) is 0 Å². The summed E-state index contributed by atoms with van der Waals surface area (Å²) >= 11 is 14.9. The number of benzene rings is 1. The van der Waals surface area contributed by atoms with E-state index in [1.54, 1.807) is 23.9 Å². The molecule has 0 atom stereocenters. The first-order valence-electron chi connectivity index (χ1n) is 5.19. The number of aryl methyl sites for hydroxylation is 1. The first kappa shape index (κ1) is 14.2. The molecule has 0 saturated carbocycles. The molecule has 2 rings (SSSR count). The van der Waals surface area contributed by atoms with E-state index in [2.05, 4.69) is 21.2 Å². The molecule has 7 heteroatoms. The Morgan fingerprint density at radius 3 is 2.37 bits per heavy atom. The van der Waals surface area contributed by atoms with Gasteiger partial charge in [0.05, 0.1) is 10.0 Å². The number of phenols is 1. The molecular weight excluding hydrogens is 355 g/mol. The minimum Gasteiger partial charge on any atom is -0.505 e. The molecule has 2 aromatic rings. The summed E-state index contributed by atoms with van der Waals surface area (Å²) in [6.07, 6.45) is 1.77. The number of carbonyl (C=O) groups excluding carboxylic acids is 1. The van der Waals surface area contributed by atoms with E-state index in [9.17, 15) is 9.90 Å². The van der Waals surface area contributed by atoms with Crippen molar-refractivity contribution in [3.63, 3.8) is 0 Å². The van der Waals surface area contributed by atoms with Gasteiger partial charge >= 0.3 is 0 Å². The van der Waals surface area contributed by atoms with Crippen molar-refractivity contribution in [3.05, 3.63) is 44.6 Å². The van der Waals surface area contributed by atoms with Crippen molar-refractivity contribution in [1.82, 2.24) is 4.57 Å². The molecule has 0 aliphatic heterocycles. The Morgan fingerprint density at radius 2 is 1.89 bits per heavy atom. The number of nitrogens with one attached hydrogen (secondary N) is 1. The normalized spacial score (nSPS) is 10.5. The average molecular weight is 364 g/mol. The van der Waals surface area contributed by atoms with Gasteiger partial charge in [0, 0.05) is 23.4 Å². The smallest absolute Gasteiger partial charge is 0.272 e. The van der Waals surface area contributed by atoms with Crippen LogP contribution in [0.25, 0.3) is 0 Å². The predicted octanol–water partition coefficient (Wildman–Crippen LogP) is 4.05. The standard InChI is InChI=1S/C12H9BrCl2N2O2/c1-17-5-6(13)2-10(17)12(19)16-7-3-8(14)11(18)9(15)4-7/h2-5,18H,1H3,(H,16,19). The van der Waals surface area contributed by atoms with Gasteiger partial charge in [0.1, 0.15) is 5.69 Å². The van der Waals surface area contributed by atoms with Gasteiger partial charge in [-0.1, -0.05) is 23.2 Å². The number of amides is 1. The fraction of sp³-hybridized carbons (Fsp3) is 0.0833. The van der Waals surface area contributed by atoms with Gasteiger partial charge in [-0.2, -0.15) is 0 Å². The van der Waals surface area contributed by atoms with E-state index < -0.39 is 0 Å². The van der Waals surface area contributed by atoms with Crippen LogP contribution in [0.4, 0.5) is 5.69 Å². The molecule has 1 aromatic heterocycles. The van der Waals surface area contributed by atoms with Crippen molar-refractivity contribution in [2.24, 2.45) is 7.05 Å². The first-order valence-corrected chi connectivity index (χ1v) is 6.74. The third-order valence-electron chi connectivity index (χ3n) is 2.48. The lowest BCUT2D eigenvalue weighted by atomic mass is 10.3. The maximum Gasteiger partial charge on any atom is 0.272 e. The largest absolute Gasteiger partial charge is 0.505 e. The third-order valence-corrected chi connectivity index (χ3v) is 3.49. The number of hydrogen-bond acceptors (Lipinski definition) is 2. The number of rotatable bonds is 2. The number of halogens is 3. The maximum atomic E-state index is 12.1. The SMILES string of the molecule is Cn1cc(Br)cc1C(=O)Nc1cc(Cl)c(O)c(Cl)c1. The lowest BCUT2D eigenvalue weighted by Gasteiger charge is -2.08. The number of phenolic OH excluding ortho intramolecular Hbond substituents is 1. The number of anilines is 1. The van der Waals surface area contributed by atoms with E-state index in [1.165, 1.54) is 12.1 Å². The minimum atomic E-state index is -0.300. The minimum absolute atomic E-state index is 0.0795. The zero-order valence-corrected chi connectivity index (χ0v) is 12.8. The lowest BCUT2D eigenvalue weighted by molar-refractivity contribution is 0.101. The fourth-order valence-electron chi connectivity index (χ4n) is 1.58. The summed E-state index contributed by atoms with van der Waals surface area (Å²) < 4.78 is 2.49. The van der Waals surface area contributed by atoms with E-state index in [-0.39, 0.29) is 21.7 Å². The molecule has 0 bridgehead atoms. The van der Waals surface area contributed by atoms with Crippen LogP contribution in [0.3, 0.4) is 0 Å². The topological polar surface area (TPSA) is 54.3 Å². The molecular formula is C12H9BrCl2N2O2. The van der Waals surface area contributed by atoms with Crippen LogP contribution in [-0.2, 0) is 7.05 Å². The van der Waals surface area contributed by atoms with E-state index in [4.69, 9.17) is 23.2 Å². The van der Waals surface area contributed by atoms with Gasteiger partial charge in [0.25, 0.3) is 5.91 Å². The molecule has 0 aliphatic rings. The first-order chi connectivity index (χ1) is 8.88. The summed E-state index contributed by atoms with van der Waals surface area (Å²) in [4.78, 5) is 12.1. The second-order valence-corrected chi connectivity index (χ2v) is 5.63. The van der Waals surface area contributed by atoms with Crippen LogP contribution in [0.2, 0.25) is 10.0 Å². The summed E-state index contributed by atoms with van der Waals surface area (Å²) in [6.45, 7) is 0. The molecule has 0 fully saturated rings. The summed E-state index contributed by atoms with van der Waals surface area (Å²) in [7, 11) is 1.76. The molecule has 1 amide bonds. The van der Waals surface area contributed by atoms with Gasteiger partial charge in [0.15, 0.2) is 5.75 Å². The van der Waals surface area contributed by atoms with E-state index in [1.807, 2.05) is 0 Å². The average Bonchev–Trinajstić information content (AvgIpc) is 2.65. The summed E-state index contributed by atoms with van der Waals surface area (Å²) in [5.41, 5.74) is 0.891. The van der Waals surface area contributed by atoms with Crippen molar-refractivity contribution in [2.75, 3.05) is 5.32 Å². The quantitative estimate of drug-likeness (QED) is 0.790. The van der Waals surface area contributed by atoms with Crippen molar-refractivity contribution in [1.29, 1.82) is 0 Å². The molecule has 4 nitrogen and oxygen atoms in total. The van der Waals surface area contributed by atoms with Crippen molar-refractivity contribution < 1.29 is 9.90 Å². The van der Waals surface area contributed by atoms with Crippen LogP contribution < -0.4 is 5.32 Å². The second-order valence-electron chi connectivity index (χ2n) is 3.90. The van der Waals surface area contributed by atoms with Crippen LogP contribution in [0.5, 0.6) is 5.75 Å². The van der Waals surface area contributed by atoms with E-state index in [0.29, 0.717) is 11.4 Å². The summed E-state index contributed by atoms with van der Waals surface area (Å²) in [5, 5.41) is 12.3. The van der Waals surface area contributed by atoms with Crippen molar-refractivity contribution >= 4 is 50.7 Å². The zero-order valence-electron chi connectivity index (χ0n) is 9.75. The predicted molar refractivity (Wildman–Crippen MR) is 79.2 cm³/mol. The molecule has 2 N–H and O–H groups in total. The monoisotopic (exact) mass is 362 g/mol. The highest BCUT2D eigenvalue weighted by Crippen LogP contribution is 2.34. The van der Waals surface area contributed by atoms with Gasteiger partial charge in [0.2, 0.25) is 0 Å². The Bertz CT molecular complexity index is 632. The third kappa shape index (κ3) is 3.05. The molecule has 0 unspecified atom stereocenters. The maximum absolute atomic E-state index is 12.1. The Labute approximate surface area is 128 Å². The van der Waals surface area contributed by atoms with Crippen LogP contribution in [0.15, 0.2) is 28.9 Å². The summed E-state index contributed by atoms with van der Waals surface area (Å²) in [5.74, 6) is -0.506. The van der Waals surface area contributed by atoms with Gasteiger partial charge < -0.3 is 15.0 Å². The van der Waals surface area contributed by atoms with Crippen LogP contribution >= 0.6 is 39.1 Å². The van der Waals surface area contributed by atoms with Gasteiger partial charge in [-0.3, -0.25) is 4.79 Å². The molecule has 0 aliphatic carbocycles. The highest BCUT2D eigenvalue weighted by atomic mass is 79.9. The molecule has 1 heterocycles. The molecule has 1 aromatic carbocycles. The van der Waals surface area contributed by atoms with Gasteiger partial charge in [-0.05, 0) is 34.1 Å². The van der Waals surface area contributed by atoms with E-state index in [0.717, 1.165) is 4.47 Å². The summed E-state index contributed by atoms with van der Waals surface area (Å²) in [6, 6.07) is 4.55. The molecule has 0 spiro atoms. The van der Waals surface area contributed by atoms with Crippen LogP contribution in [0, 0.1) is 0 Å². The molecule has 100 valence electrons. The molecule has 0 saturated heterocycles. The zero-order chi connectivity index (χ0) is 14.2. The Kier molecular flexibility index (Phi) is 4.08. The lowest BCUT2D eigenvalue weighted by Crippen LogP contribution is -2.15. The number of aromatic nitrogens is 1. The molecule has 19 heavy (non-hydrogen) atoms. The number of nitrogens with zero attached hydrogens (tertiary/aromatic N) is 1. The second kappa shape index (κ2) is 5.45. The van der Waals surface area contributed by atoms with Gasteiger partial charge in [-0.15, -0.1) is 0 Å². The molecule has 0 radical (unpaired) electrons. The van der Waals surface area contributed by atoms with Crippen LogP contribution in [-0.4, -0.2) is 15.6 Å². The van der Waals surface area contributed by atoms with Crippen molar-refractivity contribution in [2.45, 2.75) is 0 Å². The highest BCUT2D eigenvalue weighted by molar-refractivity contribution is 9.10. The number of carbonyl (C=O) groups is 1. The Morgan fingerprint density at radius 1 is 1.32 bits per heavy atom. The Balaban J connectivity index is 2.27. The fourth-order valence-corrected chi connectivity index (χ4v) is 2.59. The number of aromatic hydroxyl groups is 1. The highest BCUT2D eigenvalue weighted by Gasteiger charge is 2.13.